The number of pyridine rings is 1. The van der Waals surface area contributed by atoms with Crippen LogP contribution in [-0.4, -0.2) is 23.0 Å². The number of hydrogen-bond acceptors (Lipinski definition) is 3. The van der Waals surface area contributed by atoms with Crippen molar-refractivity contribution in [3.05, 3.63) is 82.0 Å². The smallest absolute Gasteiger partial charge is 0.127 e. The van der Waals surface area contributed by atoms with Crippen LogP contribution in [0.1, 0.15) is 80.6 Å². The Labute approximate surface area is 212 Å². The summed E-state index contributed by atoms with van der Waals surface area (Å²) >= 11 is 0. The van der Waals surface area contributed by atoms with Crippen molar-refractivity contribution in [1.29, 1.82) is 0 Å². The predicted octanol–water partition coefficient (Wildman–Crippen LogP) is 7.73. The van der Waals surface area contributed by atoms with Gasteiger partial charge in [-0.1, -0.05) is 70.2 Å². The molecule has 0 saturated heterocycles. The Morgan fingerprint density at radius 1 is 1.00 bits per heavy atom. The second kappa shape index (κ2) is 11.4. The van der Waals surface area contributed by atoms with Gasteiger partial charge in [0.15, 0.2) is 0 Å². The Morgan fingerprint density at radius 3 is 2.37 bits per heavy atom. The molecule has 3 heteroatoms. The van der Waals surface area contributed by atoms with Gasteiger partial charge >= 0.3 is 0 Å². The Morgan fingerprint density at radius 2 is 1.71 bits per heavy atom. The number of aromatic nitrogens is 1. The van der Waals surface area contributed by atoms with E-state index in [4.69, 9.17) is 9.72 Å². The van der Waals surface area contributed by atoms with Crippen molar-refractivity contribution in [1.82, 2.24) is 9.88 Å². The number of nitrogens with zero attached hydrogens (tertiary/aromatic N) is 2. The molecule has 0 fully saturated rings. The molecule has 2 aromatic carbocycles. The summed E-state index contributed by atoms with van der Waals surface area (Å²) in [5, 5.41) is 0. The lowest BCUT2D eigenvalue weighted by Crippen LogP contribution is -2.36. The van der Waals surface area contributed by atoms with Gasteiger partial charge in [0.2, 0.25) is 0 Å². The molecule has 35 heavy (non-hydrogen) atoms. The van der Waals surface area contributed by atoms with Crippen molar-refractivity contribution in [2.75, 3.05) is 13.2 Å². The average molecular weight is 471 g/mol. The van der Waals surface area contributed by atoms with Crippen LogP contribution in [0, 0.1) is 12.8 Å². The lowest BCUT2D eigenvalue weighted by atomic mass is 9.87. The molecule has 3 aromatic rings. The zero-order chi connectivity index (χ0) is 24.9. The molecule has 0 saturated carbocycles. The maximum Gasteiger partial charge on any atom is 0.127 e. The zero-order valence-corrected chi connectivity index (χ0v) is 22.5. The summed E-state index contributed by atoms with van der Waals surface area (Å²) in [5.74, 6) is 1.63. The first-order valence-corrected chi connectivity index (χ1v) is 13.5. The molecule has 0 aliphatic carbocycles. The van der Waals surface area contributed by atoms with Crippen molar-refractivity contribution in [3.63, 3.8) is 0 Å². The first kappa shape index (κ1) is 25.4. The van der Waals surface area contributed by atoms with Crippen LogP contribution in [0.2, 0.25) is 0 Å². The van der Waals surface area contributed by atoms with Gasteiger partial charge in [0, 0.05) is 42.0 Å². The van der Waals surface area contributed by atoms with E-state index in [-0.39, 0.29) is 0 Å². The molecule has 0 spiro atoms. The van der Waals surface area contributed by atoms with E-state index in [2.05, 4.69) is 95.0 Å². The zero-order valence-electron chi connectivity index (χ0n) is 22.5. The fraction of sp³-hybridized carbons (Fsp3) is 0.469. The number of benzene rings is 2. The van der Waals surface area contributed by atoms with Crippen LogP contribution in [0.25, 0.3) is 11.3 Å². The van der Waals surface area contributed by atoms with Gasteiger partial charge in [-0.3, -0.25) is 9.88 Å². The standard InChI is InChI=1S/C32H42N2O/c1-7-24-14-12-15-25(8-2)32(24)29-20-31(35-9-3)28(23(6)33-29)21-34-18-17-26-13-10-11-16-27(26)30(34)19-22(4)5/h10-16,20,22,30H,7-9,17-19,21H2,1-6H3. The topological polar surface area (TPSA) is 25.4 Å². The minimum absolute atomic E-state index is 0.431. The fourth-order valence-corrected chi connectivity index (χ4v) is 5.66. The number of rotatable bonds is 9. The molecule has 1 aliphatic heterocycles. The van der Waals surface area contributed by atoms with Crippen molar-refractivity contribution in [3.8, 4) is 17.0 Å². The van der Waals surface area contributed by atoms with Crippen molar-refractivity contribution >= 4 is 0 Å². The number of ether oxygens (including phenoxy) is 1. The first-order valence-electron chi connectivity index (χ1n) is 13.5. The van der Waals surface area contributed by atoms with E-state index in [1.807, 2.05) is 0 Å². The molecule has 4 rings (SSSR count). The summed E-state index contributed by atoms with van der Waals surface area (Å²) in [6.45, 7) is 16.0. The SMILES string of the molecule is CCOc1cc(-c2c(CC)cccc2CC)nc(C)c1CN1CCc2ccccc2C1CC(C)C. The molecule has 2 heterocycles. The van der Waals surface area contributed by atoms with Gasteiger partial charge in [-0.15, -0.1) is 0 Å². The van der Waals surface area contributed by atoms with Gasteiger partial charge < -0.3 is 4.74 Å². The van der Waals surface area contributed by atoms with Crippen LogP contribution in [0.15, 0.2) is 48.5 Å². The molecule has 3 nitrogen and oxygen atoms in total. The maximum absolute atomic E-state index is 6.29. The van der Waals surface area contributed by atoms with Gasteiger partial charge in [0.25, 0.3) is 0 Å². The average Bonchev–Trinajstić information content (AvgIpc) is 2.86. The summed E-state index contributed by atoms with van der Waals surface area (Å²) in [6, 6.07) is 18.3. The molecule has 1 atom stereocenters. The second-order valence-corrected chi connectivity index (χ2v) is 10.2. The summed E-state index contributed by atoms with van der Waals surface area (Å²) in [5.41, 5.74) is 10.4. The van der Waals surface area contributed by atoms with Crippen LogP contribution in [0.4, 0.5) is 0 Å². The largest absolute Gasteiger partial charge is 0.493 e. The highest BCUT2D eigenvalue weighted by Gasteiger charge is 2.29. The third-order valence-electron chi connectivity index (χ3n) is 7.42. The van der Waals surface area contributed by atoms with Gasteiger partial charge in [-0.25, -0.2) is 0 Å². The molecule has 1 unspecified atom stereocenters. The van der Waals surface area contributed by atoms with E-state index < -0.39 is 0 Å². The quantitative estimate of drug-likeness (QED) is 0.320. The summed E-state index contributed by atoms with van der Waals surface area (Å²) < 4.78 is 6.29. The first-order chi connectivity index (χ1) is 17.0. The van der Waals surface area contributed by atoms with Crippen LogP contribution >= 0.6 is 0 Å². The van der Waals surface area contributed by atoms with E-state index >= 15 is 0 Å². The molecule has 0 radical (unpaired) electrons. The molecule has 0 amide bonds. The van der Waals surface area contributed by atoms with Gasteiger partial charge in [0.1, 0.15) is 5.75 Å². The molecule has 0 bridgehead atoms. The molecule has 1 aromatic heterocycles. The monoisotopic (exact) mass is 470 g/mol. The highest BCUT2D eigenvalue weighted by molar-refractivity contribution is 5.70. The highest BCUT2D eigenvalue weighted by Crippen LogP contribution is 2.38. The van der Waals surface area contributed by atoms with Gasteiger partial charge in [-0.2, -0.15) is 0 Å². The Balaban J connectivity index is 1.75. The number of aryl methyl sites for hydroxylation is 3. The van der Waals surface area contributed by atoms with Gasteiger partial charge in [0.05, 0.1) is 12.3 Å². The number of fused-ring (bicyclic) bond motifs is 1. The van der Waals surface area contributed by atoms with E-state index in [0.717, 1.165) is 55.9 Å². The van der Waals surface area contributed by atoms with E-state index in [1.54, 1.807) is 0 Å². The second-order valence-electron chi connectivity index (χ2n) is 10.2. The van der Waals surface area contributed by atoms with Crippen LogP contribution in [0.5, 0.6) is 5.75 Å². The minimum Gasteiger partial charge on any atom is -0.493 e. The molecule has 0 N–H and O–H groups in total. The van der Waals surface area contributed by atoms with Crippen LogP contribution in [-0.2, 0) is 25.8 Å². The highest BCUT2D eigenvalue weighted by atomic mass is 16.5. The molecule has 1 aliphatic rings. The lowest BCUT2D eigenvalue weighted by Gasteiger charge is -2.39. The molecule has 186 valence electrons. The van der Waals surface area contributed by atoms with E-state index in [0.29, 0.717) is 18.6 Å². The Bertz CT molecular complexity index is 1130. The summed E-state index contributed by atoms with van der Waals surface area (Å²) in [7, 11) is 0. The number of hydrogen-bond donors (Lipinski definition) is 0. The Kier molecular flexibility index (Phi) is 8.28. The summed E-state index contributed by atoms with van der Waals surface area (Å²) in [4.78, 5) is 7.85. The Hall–Kier alpha value is -2.65. The van der Waals surface area contributed by atoms with E-state index in [9.17, 15) is 0 Å². The minimum atomic E-state index is 0.431. The predicted molar refractivity (Wildman–Crippen MR) is 147 cm³/mol. The van der Waals surface area contributed by atoms with Gasteiger partial charge in [-0.05, 0) is 67.7 Å². The summed E-state index contributed by atoms with van der Waals surface area (Å²) in [6.07, 6.45) is 4.26. The fourth-order valence-electron chi connectivity index (χ4n) is 5.66. The normalized spacial score (nSPS) is 15.9. The van der Waals surface area contributed by atoms with E-state index in [1.165, 1.54) is 33.4 Å². The third kappa shape index (κ3) is 5.46. The maximum atomic E-state index is 6.29. The lowest BCUT2D eigenvalue weighted by molar-refractivity contribution is 0.151. The van der Waals surface area contributed by atoms with Crippen molar-refractivity contribution in [2.45, 2.75) is 79.8 Å². The molecular weight excluding hydrogens is 428 g/mol. The van der Waals surface area contributed by atoms with Crippen molar-refractivity contribution in [2.24, 2.45) is 5.92 Å². The molecular formula is C32H42N2O. The van der Waals surface area contributed by atoms with Crippen molar-refractivity contribution < 1.29 is 4.74 Å². The third-order valence-corrected chi connectivity index (χ3v) is 7.42. The van der Waals surface area contributed by atoms with Crippen LogP contribution in [0.3, 0.4) is 0 Å². The van der Waals surface area contributed by atoms with Crippen LogP contribution < -0.4 is 4.74 Å².